The number of fused-ring (bicyclic) bond motifs is 1. The summed E-state index contributed by atoms with van der Waals surface area (Å²) in [6.07, 6.45) is 3.69. The van der Waals surface area contributed by atoms with Crippen LogP contribution in [-0.4, -0.2) is 28.4 Å². The molecule has 1 aromatic heterocycles. The third-order valence-corrected chi connectivity index (χ3v) is 4.75. The molecule has 0 spiro atoms. The average molecular weight is 331 g/mol. The van der Waals surface area contributed by atoms with Crippen molar-refractivity contribution in [2.75, 3.05) is 11.9 Å². The number of benzene rings is 2. The second-order valence-electron chi connectivity index (χ2n) is 6.52. The predicted molar refractivity (Wildman–Crippen MR) is 100 cm³/mol. The van der Waals surface area contributed by atoms with E-state index in [1.807, 2.05) is 48.5 Å². The van der Waals surface area contributed by atoms with Gasteiger partial charge in [0, 0.05) is 11.9 Å². The second-order valence-corrected chi connectivity index (χ2v) is 6.52. The monoisotopic (exact) mass is 331 g/mol. The Hall–Kier alpha value is -2.72. The molecule has 1 unspecified atom stereocenters. The van der Waals surface area contributed by atoms with Crippen LogP contribution < -0.4 is 5.32 Å². The molecule has 1 aliphatic heterocycles. The fourth-order valence-corrected chi connectivity index (χ4v) is 3.50. The number of anilines is 1. The first-order valence-corrected chi connectivity index (χ1v) is 8.73. The number of rotatable bonds is 4. The van der Waals surface area contributed by atoms with Gasteiger partial charge in [0.25, 0.3) is 0 Å². The topological polar surface area (TPSA) is 45.2 Å². The number of nitrogens with zero attached hydrogens (tertiary/aromatic N) is 2. The van der Waals surface area contributed by atoms with Crippen molar-refractivity contribution in [2.24, 2.45) is 0 Å². The summed E-state index contributed by atoms with van der Waals surface area (Å²) >= 11 is 0. The molecule has 4 heteroatoms. The fourth-order valence-electron chi connectivity index (χ4n) is 3.50. The number of aromatic nitrogens is 1. The smallest absolute Gasteiger partial charge is 0.241 e. The Balaban J connectivity index is 1.47. The van der Waals surface area contributed by atoms with Gasteiger partial charge in [-0.3, -0.25) is 14.7 Å². The molecule has 1 N–H and O–H groups in total. The number of amides is 1. The van der Waals surface area contributed by atoms with Gasteiger partial charge in [0.2, 0.25) is 5.91 Å². The first kappa shape index (κ1) is 15.8. The number of carbonyl (C=O) groups is 1. The zero-order valence-corrected chi connectivity index (χ0v) is 14.1. The highest BCUT2D eigenvalue weighted by Crippen LogP contribution is 2.22. The lowest BCUT2D eigenvalue weighted by Crippen LogP contribution is -2.39. The van der Waals surface area contributed by atoms with E-state index in [4.69, 9.17) is 0 Å². The van der Waals surface area contributed by atoms with Crippen LogP contribution in [0, 0.1) is 0 Å². The van der Waals surface area contributed by atoms with E-state index in [1.54, 1.807) is 6.20 Å². The molecule has 1 fully saturated rings. The maximum absolute atomic E-state index is 12.8. The van der Waals surface area contributed by atoms with Gasteiger partial charge in [0.15, 0.2) is 0 Å². The van der Waals surface area contributed by atoms with Crippen molar-refractivity contribution in [3.63, 3.8) is 0 Å². The van der Waals surface area contributed by atoms with Gasteiger partial charge >= 0.3 is 0 Å². The third-order valence-electron chi connectivity index (χ3n) is 4.75. The van der Waals surface area contributed by atoms with Crippen LogP contribution in [0.15, 0.2) is 66.9 Å². The molecule has 1 atom stereocenters. The van der Waals surface area contributed by atoms with E-state index in [0.29, 0.717) is 0 Å². The van der Waals surface area contributed by atoms with Crippen molar-refractivity contribution in [1.82, 2.24) is 9.88 Å². The van der Waals surface area contributed by atoms with Gasteiger partial charge in [-0.15, -0.1) is 0 Å². The van der Waals surface area contributed by atoms with E-state index >= 15 is 0 Å². The summed E-state index contributed by atoms with van der Waals surface area (Å²) < 4.78 is 0. The van der Waals surface area contributed by atoms with E-state index in [0.717, 1.165) is 42.5 Å². The second kappa shape index (κ2) is 7.03. The molecule has 4 nitrogen and oxygen atoms in total. The number of hydrogen-bond donors (Lipinski definition) is 1. The highest BCUT2D eigenvalue weighted by molar-refractivity contribution is 5.96. The summed E-state index contributed by atoms with van der Waals surface area (Å²) in [6.45, 7) is 1.78. The molecule has 2 heterocycles. The molecule has 0 aliphatic carbocycles. The molecule has 25 heavy (non-hydrogen) atoms. The predicted octanol–water partition coefficient (Wildman–Crippen LogP) is 3.84. The summed E-state index contributed by atoms with van der Waals surface area (Å²) in [6, 6.07) is 20.2. The molecule has 1 saturated heterocycles. The number of hydrogen-bond acceptors (Lipinski definition) is 3. The molecular weight excluding hydrogens is 310 g/mol. The van der Waals surface area contributed by atoms with Crippen molar-refractivity contribution >= 4 is 22.5 Å². The van der Waals surface area contributed by atoms with Crippen LogP contribution in [-0.2, 0) is 11.3 Å². The van der Waals surface area contributed by atoms with Crippen molar-refractivity contribution in [3.8, 4) is 0 Å². The number of para-hydroxylation sites is 1. The van der Waals surface area contributed by atoms with Gasteiger partial charge in [-0.2, -0.15) is 0 Å². The van der Waals surface area contributed by atoms with Crippen LogP contribution in [0.1, 0.15) is 18.4 Å². The third kappa shape index (κ3) is 3.54. The highest BCUT2D eigenvalue weighted by atomic mass is 16.2. The van der Waals surface area contributed by atoms with Crippen molar-refractivity contribution < 1.29 is 4.79 Å². The molecule has 0 bridgehead atoms. The Morgan fingerprint density at radius 1 is 1.12 bits per heavy atom. The first-order valence-electron chi connectivity index (χ1n) is 8.73. The maximum Gasteiger partial charge on any atom is 0.241 e. The van der Waals surface area contributed by atoms with E-state index in [1.165, 1.54) is 5.56 Å². The Morgan fingerprint density at radius 3 is 2.80 bits per heavy atom. The molecule has 3 aromatic rings. The quantitative estimate of drug-likeness (QED) is 0.790. The normalized spacial score (nSPS) is 17.7. The summed E-state index contributed by atoms with van der Waals surface area (Å²) in [5, 5.41) is 4.08. The summed E-state index contributed by atoms with van der Waals surface area (Å²) in [5.41, 5.74) is 2.94. The van der Waals surface area contributed by atoms with Gasteiger partial charge in [-0.05, 0) is 37.1 Å². The van der Waals surface area contributed by atoms with Gasteiger partial charge < -0.3 is 5.32 Å². The lowest BCUT2D eigenvalue weighted by Gasteiger charge is -2.23. The van der Waals surface area contributed by atoms with Crippen LogP contribution in [0.2, 0.25) is 0 Å². The van der Waals surface area contributed by atoms with Crippen molar-refractivity contribution in [3.05, 3.63) is 72.4 Å². The molecular formula is C21H21N3O. The van der Waals surface area contributed by atoms with Crippen molar-refractivity contribution in [2.45, 2.75) is 25.4 Å². The van der Waals surface area contributed by atoms with Gasteiger partial charge in [0.05, 0.1) is 23.4 Å². The fraction of sp³-hybridized carbons (Fsp3) is 0.238. The zero-order valence-electron chi connectivity index (χ0n) is 14.1. The van der Waals surface area contributed by atoms with E-state index in [2.05, 4.69) is 27.3 Å². The van der Waals surface area contributed by atoms with E-state index < -0.39 is 0 Å². The largest absolute Gasteiger partial charge is 0.323 e. The SMILES string of the molecule is O=C(Nc1cnc2ccccc2c1)C1CCCN1Cc1ccccc1. The van der Waals surface area contributed by atoms with Gasteiger partial charge in [-0.25, -0.2) is 0 Å². The Kier molecular flexibility index (Phi) is 4.44. The molecule has 1 aliphatic rings. The number of nitrogens with one attached hydrogen (secondary N) is 1. The minimum Gasteiger partial charge on any atom is -0.323 e. The van der Waals surface area contributed by atoms with Gasteiger partial charge in [-0.1, -0.05) is 48.5 Å². The lowest BCUT2D eigenvalue weighted by atomic mass is 10.1. The van der Waals surface area contributed by atoms with Crippen molar-refractivity contribution in [1.29, 1.82) is 0 Å². The standard InChI is InChI=1S/C21H21N3O/c25-21(23-18-13-17-9-4-5-10-19(17)22-14-18)20-11-6-12-24(20)15-16-7-2-1-3-8-16/h1-5,7-10,13-14,20H,6,11-12,15H2,(H,23,25). The summed E-state index contributed by atoms with van der Waals surface area (Å²) in [5.74, 6) is 0.0607. The highest BCUT2D eigenvalue weighted by Gasteiger charge is 2.30. The molecule has 4 rings (SSSR count). The number of carbonyl (C=O) groups excluding carboxylic acids is 1. The zero-order chi connectivity index (χ0) is 17.1. The molecule has 2 aromatic carbocycles. The molecule has 0 radical (unpaired) electrons. The van der Waals surface area contributed by atoms with Crippen LogP contribution in [0.25, 0.3) is 10.9 Å². The molecule has 126 valence electrons. The van der Waals surface area contributed by atoms with Crippen LogP contribution >= 0.6 is 0 Å². The maximum atomic E-state index is 12.8. The lowest BCUT2D eigenvalue weighted by molar-refractivity contribution is -0.120. The number of pyridine rings is 1. The minimum absolute atomic E-state index is 0.0607. The van der Waals surface area contributed by atoms with E-state index in [9.17, 15) is 4.79 Å². The Labute approximate surface area is 147 Å². The molecule has 0 saturated carbocycles. The Morgan fingerprint density at radius 2 is 1.92 bits per heavy atom. The first-order chi connectivity index (χ1) is 12.3. The summed E-state index contributed by atoms with van der Waals surface area (Å²) in [4.78, 5) is 19.5. The Bertz CT molecular complexity index is 878. The molecule has 1 amide bonds. The van der Waals surface area contributed by atoms with Gasteiger partial charge in [0.1, 0.15) is 0 Å². The minimum atomic E-state index is -0.0772. The number of likely N-dealkylation sites (tertiary alicyclic amines) is 1. The summed E-state index contributed by atoms with van der Waals surface area (Å²) in [7, 11) is 0. The van der Waals surface area contributed by atoms with Crippen LogP contribution in [0.4, 0.5) is 5.69 Å². The van der Waals surface area contributed by atoms with Crippen LogP contribution in [0.3, 0.4) is 0 Å². The van der Waals surface area contributed by atoms with E-state index in [-0.39, 0.29) is 11.9 Å². The average Bonchev–Trinajstić information content (AvgIpc) is 3.11. The van der Waals surface area contributed by atoms with Crippen LogP contribution in [0.5, 0.6) is 0 Å².